The first-order valence-corrected chi connectivity index (χ1v) is 7.84. The van der Waals surface area contributed by atoms with Gasteiger partial charge in [0.05, 0.1) is 0 Å². The number of amides is 3. The summed E-state index contributed by atoms with van der Waals surface area (Å²) in [5.74, 6) is -1.07. The second-order valence-electron chi connectivity index (χ2n) is 5.87. The van der Waals surface area contributed by atoms with Gasteiger partial charge in [-0.05, 0) is 55.3 Å². The highest BCUT2D eigenvalue weighted by atomic mass is 19.1. The highest BCUT2D eigenvalue weighted by molar-refractivity contribution is 6.02. The molecule has 2 aromatic rings. The molecule has 3 rings (SSSR count). The predicted octanol–water partition coefficient (Wildman–Crippen LogP) is 3.20. The Morgan fingerprint density at radius 2 is 1.88 bits per heavy atom. The SMILES string of the molecule is Cc1ccc(NC(=O)N[C@H]2CCN(c3ccc(F)cc3)C2=O)cc1F. The Morgan fingerprint density at radius 3 is 2.56 bits per heavy atom. The molecule has 1 heterocycles. The third-order valence-electron chi connectivity index (χ3n) is 4.08. The Bertz CT molecular complexity index is 808. The lowest BCUT2D eigenvalue weighted by Crippen LogP contribution is -2.43. The molecule has 2 aromatic carbocycles. The number of halogens is 2. The number of nitrogens with zero attached hydrogens (tertiary/aromatic N) is 1. The molecule has 1 aliphatic rings. The lowest BCUT2D eigenvalue weighted by molar-refractivity contribution is -0.118. The van der Waals surface area contributed by atoms with Crippen molar-refractivity contribution in [2.75, 3.05) is 16.8 Å². The van der Waals surface area contributed by atoms with Crippen LogP contribution >= 0.6 is 0 Å². The molecule has 0 unspecified atom stereocenters. The lowest BCUT2D eigenvalue weighted by atomic mass is 10.2. The number of rotatable bonds is 3. The number of aryl methyl sites for hydroxylation is 1. The van der Waals surface area contributed by atoms with Gasteiger partial charge in [0, 0.05) is 17.9 Å². The van der Waals surface area contributed by atoms with E-state index in [1.807, 2.05) is 0 Å². The molecule has 0 aromatic heterocycles. The summed E-state index contributed by atoms with van der Waals surface area (Å²) in [6, 6.07) is 8.69. The number of anilines is 2. The van der Waals surface area contributed by atoms with Crippen LogP contribution in [0.15, 0.2) is 42.5 Å². The van der Waals surface area contributed by atoms with Crippen LogP contribution < -0.4 is 15.5 Å². The van der Waals surface area contributed by atoms with E-state index in [2.05, 4.69) is 10.6 Å². The second-order valence-corrected chi connectivity index (χ2v) is 5.87. The molecule has 2 N–H and O–H groups in total. The van der Waals surface area contributed by atoms with Crippen LogP contribution in [0.2, 0.25) is 0 Å². The molecule has 0 saturated carbocycles. The van der Waals surface area contributed by atoms with Crippen molar-refractivity contribution < 1.29 is 18.4 Å². The van der Waals surface area contributed by atoms with E-state index in [9.17, 15) is 18.4 Å². The molecule has 0 bridgehead atoms. The number of nitrogens with one attached hydrogen (secondary N) is 2. The van der Waals surface area contributed by atoms with E-state index in [4.69, 9.17) is 0 Å². The fourth-order valence-electron chi connectivity index (χ4n) is 2.69. The number of carbonyl (C=O) groups excluding carboxylic acids is 2. The number of urea groups is 1. The van der Waals surface area contributed by atoms with Crippen molar-refractivity contribution in [2.45, 2.75) is 19.4 Å². The monoisotopic (exact) mass is 345 g/mol. The molecule has 7 heteroatoms. The van der Waals surface area contributed by atoms with Crippen LogP contribution in [0.5, 0.6) is 0 Å². The standard InChI is InChI=1S/C18H17F2N3O2/c1-11-2-5-13(10-15(11)20)21-18(25)22-16-8-9-23(17(16)24)14-6-3-12(19)4-7-14/h2-7,10,16H,8-9H2,1H3,(H2,21,22,25)/t16-/m0/s1. The molecule has 130 valence electrons. The van der Waals surface area contributed by atoms with E-state index >= 15 is 0 Å². The molecular formula is C18H17F2N3O2. The molecule has 1 aliphatic heterocycles. The van der Waals surface area contributed by atoms with Gasteiger partial charge in [0.1, 0.15) is 17.7 Å². The van der Waals surface area contributed by atoms with Crippen molar-refractivity contribution in [3.8, 4) is 0 Å². The van der Waals surface area contributed by atoms with Crippen LogP contribution in [0.1, 0.15) is 12.0 Å². The fraction of sp³-hybridized carbons (Fsp3) is 0.222. The van der Waals surface area contributed by atoms with Gasteiger partial charge in [-0.3, -0.25) is 4.79 Å². The van der Waals surface area contributed by atoms with E-state index in [-0.39, 0.29) is 11.7 Å². The molecule has 0 radical (unpaired) electrons. The van der Waals surface area contributed by atoms with Crippen molar-refractivity contribution in [1.29, 1.82) is 0 Å². The van der Waals surface area contributed by atoms with Crippen molar-refractivity contribution in [3.05, 3.63) is 59.7 Å². The first-order valence-electron chi connectivity index (χ1n) is 7.84. The molecule has 25 heavy (non-hydrogen) atoms. The maximum Gasteiger partial charge on any atom is 0.319 e. The van der Waals surface area contributed by atoms with Gasteiger partial charge in [-0.2, -0.15) is 0 Å². The number of hydrogen-bond donors (Lipinski definition) is 2. The summed E-state index contributed by atoms with van der Waals surface area (Å²) < 4.78 is 26.5. The van der Waals surface area contributed by atoms with Gasteiger partial charge in [0.25, 0.3) is 0 Å². The van der Waals surface area contributed by atoms with Crippen LogP contribution in [0.25, 0.3) is 0 Å². The maximum absolute atomic E-state index is 13.5. The van der Waals surface area contributed by atoms with Crippen LogP contribution in [-0.2, 0) is 4.79 Å². The van der Waals surface area contributed by atoms with Gasteiger partial charge in [-0.15, -0.1) is 0 Å². The molecule has 3 amide bonds. The van der Waals surface area contributed by atoms with Crippen molar-refractivity contribution in [3.63, 3.8) is 0 Å². The van der Waals surface area contributed by atoms with E-state index in [1.54, 1.807) is 19.1 Å². The summed E-state index contributed by atoms with van der Waals surface area (Å²) in [6.45, 7) is 2.05. The maximum atomic E-state index is 13.5. The first-order chi connectivity index (χ1) is 11.9. The molecule has 5 nitrogen and oxygen atoms in total. The normalized spacial score (nSPS) is 16.8. The first kappa shape index (κ1) is 16.9. The number of carbonyl (C=O) groups is 2. The summed E-state index contributed by atoms with van der Waals surface area (Å²) in [5.41, 5.74) is 1.37. The highest BCUT2D eigenvalue weighted by Crippen LogP contribution is 2.22. The summed E-state index contributed by atoms with van der Waals surface area (Å²) in [5, 5.41) is 5.09. The van der Waals surface area contributed by atoms with Crippen LogP contribution in [0, 0.1) is 18.6 Å². The van der Waals surface area contributed by atoms with Gasteiger partial charge >= 0.3 is 6.03 Å². The average molecular weight is 345 g/mol. The summed E-state index contributed by atoms with van der Waals surface area (Å²) in [4.78, 5) is 25.9. The van der Waals surface area contributed by atoms with Gasteiger partial charge in [0.15, 0.2) is 0 Å². The Balaban J connectivity index is 1.61. The van der Waals surface area contributed by atoms with Gasteiger partial charge in [0.2, 0.25) is 5.91 Å². The number of benzene rings is 2. The summed E-state index contributed by atoms with van der Waals surface area (Å²) in [6.07, 6.45) is 0.436. The zero-order valence-electron chi connectivity index (χ0n) is 13.6. The minimum atomic E-state index is -0.680. The zero-order chi connectivity index (χ0) is 18.0. The van der Waals surface area contributed by atoms with Crippen molar-refractivity contribution in [1.82, 2.24) is 5.32 Å². The average Bonchev–Trinajstić information content (AvgIpc) is 2.93. The Labute approximate surface area is 143 Å². The minimum absolute atomic E-state index is 0.267. The third-order valence-corrected chi connectivity index (χ3v) is 4.08. The fourth-order valence-corrected chi connectivity index (χ4v) is 2.69. The largest absolute Gasteiger partial charge is 0.326 e. The molecule has 1 fully saturated rings. The third kappa shape index (κ3) is 3.76. The molecule has 0 spiro atoms. The van der Waals surface area contributed by atoms with Gasteiger partial charge in [-0.1, -0.05) is 6.07 Å². The van der Waals surface area contributed by atoms with Crippen LogP contribution in [-0.4, -0.2) is 24.5 Å². The van der Waals surface area contributed by atoms with Crippen molar-refractivity contribution >= 4 is 23.3 Å². The Hall–Kier alpha value is -2.96. The zero-order valence-corrected chi connectivity index (χ0v) is 13.6. The smallest absolute Gasteiger partial charge is 0.319 e. The Morgan fingerprint density at radius 1 is 1.16 bits per heavy atom. The number of hydrogen-bond acceptors (Lipinski definition) is 2. The van der Waals surface area contributed by atoms with Crippen LogP contribution in [0.3, 0.4) is 0 Å². The van der Waals surface area contributed by atoms with E-state index in [1.165, 1.54) is 35.2 Å². The van der Waals surface area contributed by atoms with Crippen molar-refractivity contribution in [2.24, 2.45) is 0 Å². The lowest BCUT2D eigenvalue weighted by Gasteiger charge is -2.17. The van der Waals surface area contributed by atoms with E-state index in [0.29, 0.717) is 29.9 Å². The quantitative estimate of drug-likeness (QED) is 0.897. The second kappa shape index (κ2) is 6.88. The molecule has 1 saturated heterocycles. The van der Waals surface area contributed by atoms with Gasteiger partial charge in [-0.25, -0.2) is 13.6 Å². The molecule has 0 aliphatic carbocycles. The Kier molecular flexibility index (Phi) is 4.65. The van der Waals surface area contributed by atoms with Gasteiger partial charge < -0.3 is 15.5 Å². The molecule has 1 atom stereocenters. The summed E-state index contributed by atoms with van der Waals surface area (Å²) in [7, 11) is 0. The predicted molar refractivity (Wildman–Crippen MR) is 90.4 cm³/mol. The van der Waals surface area contributed by atoms with E-state index < -0.39 is 17.9 Å². The minimum Gasteiger partial charge on any atom is -0.326 e. The topological polar surface area (TPSA) is 61.4 Å². The van der Waals surface area contributed by atoms with E-state index in [0.717, 1.165) is 0 Å². The molecular weight excluding hydrogens is 328 g/mol. The summed E-state index contributed by atoms with van der Waals surface area (Å²) >= 11 is 0. The highest BCUT2D eigenvalue weighted by Gasteiger charge is 2.33. The van der Waals surface area contributed by atoms with Crippen LogP contribution in [0.4, 0.5) is 25.0 Å².